The van der Waals surface area contributed by atoms with Crippen LogP contribution in [0, 0.1) is 0 Å². The number of benzene rings is 1. The normalized spacial score (nSPS) is 13.1. The Kier molecular flexibility index (Phi) is 3.69. The van der Waals surface area contributed by atoms with Gasteiger partial charge in [0.15, 0.2) is 0 Å². The van der Waals surface area contributed by atoms with Crippen molar-refractivity contribution in [1.29, 1.82) is 0 Å². The van der Waals surface area contributed by atoms with Crippen LogP contribution in [0.5, 0.6) is 5.75 Å². The maximum atomic E-state index is 5.76. The predicted molar refractivity (Wildman–Crippen MR) is 79.3 cm³/mol. The molecule has 0 aliphatic carbocycles. The van der Waals surface area contributed by atoms with E-state index in [0.29, 0.717) is 6.61 Å². The first-order valence-electron chi connectivity index (χ1n) is 6.79. The topological polar surface area (TPSA) is 34.1 Å². The van der Waals surface area contributed by atoms with E-state index in [4.69, 9.17) is 4.74 Å². The zero-order valence-corrected chi connectivity index (χ0v) is 11.9. The molecule has 19 heavy (non-hydrogen) atoms. The average molecular weight is 274 g/mol. The van der Waals surface area contributed by atoms with E-state index in [0.717, 1.165) is 37.4 Å². The quantitative estimate of drug-likeness (QED) is 0.908. The van der Waals surface area contributed by atoms with Crippen molar-refractivity contribution in [2.24, 2.45) is 0 Å². The molecule has 0 unspecified atom stereocenters. The van der Waals surface area contributed by atoms with Gasteiger partial charge in [0.1, 0.15) is 11.6 Å². The molecule has 3 nitrogen and oxygen atoms in total. The Morgan fingerprint density at radius 3 is 2.89 bits per heavy atom. The van der Waals surface area contributed by atoms with Gasteiger partial charge in [-0.05, 0) is 24.1 Å². The molecule has 0 fully saturated rings. The van der Waals surface area contributed by atoms with E-state index in [1.165, 1.54) is 15.4 Å². The van der Waals surface area contributed by atoms with Crippen LogP contribution in [0.15, 0.2) is 24.3 Å². The minimum atomic E-state index is 0.692. The van der Waals surface area contributed by atoms with Gasteiger partial charge in [0, 0.05) is 19.4 Å². The fraction of sp³-hybridized carbons (Fsp3) is 0.400. The Labute approximate surface area is 117 Å². The van der Waals surface area contributed by atoms with Crippen molar-refractivity contribution in [3.63, 3.8) is 0 Å². The molecule has 0 saturated heterocycles. The van der Waals surface area contributed by atoms with Gasteiger partial charge in [0.2, 0.25) is 0 Å². The van der Waals surface area contributed by atoms with Gasteiger partial charge < -0.3 is 10.1 Å². The number of rotatable bonds is 5. The SMILES string of the molecule is CCc1ccc(OCCc2nc3c(s2)CCN3)cc1. The Morgan fingerprint density at radius 1 is 1.32 bits per heavy atom. The molecule has 100 valence electrons. The molecule has 3 rings (SSSR count). The Bertz CT molecular complexity index is 526. The molecule has 0 saturated carbocycles. The van der Waals surface area contributed by atoms with Crippen molar-refractivity contribution in [3.8, 4) is 5.75 Å². The minimum absolute atomic E-state index is 0.692. The van der Waals surface area contributed by atoms with Crippen molar-refractivity contribution in [3.05, 3.63) is 39.7 Å². The highest BCUT2D eigenvalue weighted by Gasteiger charge is 2.15. The second-order valence-corrected chi connectivity index (χ2v) is 5.82. The number of hydrogen-bond donors (Lipinski definition) is 1. The van der Waals surface area contributed by atoms with Gasteiger partial charge in [-0.2, -0.15) is 0 Å². The summed E-state index contributed by atoms with van der Waals surface area (Å²) in [6.07, 6.45) is 3.07. The van der Waals surface area contributed by atoms with Crippen LogP contribution in [0.4, 0.5) is 5.82 Å². The lowest BCUT2D eigenvalue weighted by atomic mass is 10.2. The zero-order valence-electron chi connectivity index (χ0n) is 11.1. The third-order valence-corrected chi connectivity index (χ3v) is 4.48. The fourth-order valence-electron chi connectivity index (χ4n) is 2.19. The number of nitrogens with zero attached hydrogens (tertiary/aromatic N) is 1. The van der Waals surface area contributed by atoms with E-state index in [1.54, 1.807) is 0 Å². The average Bonchev–Trinajstić information content (AvgIpc) is 3.00. The van der Waals surface area contributed by atoms with Gasteiger partial charge in [-0.1, -0.05) is 19.1 Å². The van der Waals surface area contributed by atoms with Crippen molar-refractivity contribution < 1.29 is 4.74 Å². The molecular weight excluding hydrogens is 256 g/mol. The van der Waals surface area contributed by atoms with Crippen LogP contribution in [0.25, 0.3) is 0 Å². The summed E-state index contributed by atoms with van der Waals surface area (Å²) in [7, 11) is 0. The molecule has 1 N–H and O–H groups in total. The molecule has 0 radical (unpaired) electrons. The molecule has 2 heterocycles. The summed E-state index contributed by atoms with van der Waals surface area (Å²) in [5, 5.41) is 4.47. The Balaban J connectivity index is 1.51. The fourth-order valence-corrected chi connectivity index (χ4v) is 3.21. The molecule has 1 aliphatic heterocycles. The molecule has 2 aromatic rings. The summed E-state index contributed by atoms with van der Waals surface area (Å²) >= 11 is 1.81. The third kappa shape index (κ3) is 2.89. The number of thiazole rings is 1. The first-order chi connectivity index (χ1) is 9.35. The van der Waals surface area contributed by atoms with Crippen molar-refractivity contribution in [2.45, 2.75) is 26.2 Å². The van der Waals surface area contributed by atoms with Crippen molar-refractivity contribution in [2.75, 3.05) is 18.5 Å². The summed E-state index contributed by atoms with van der Waals surface area (Å²) in [6, 6.07) is 8.33. The van der Waals surface area contributed by atoms with Crippen LogP contribution >= 0.6 is 11.3 Å². The minimum Gasteiger partial charge on any atom is -0.493 e. The summed E-state index contributed by atoms with van der Waals surface area (Å²) < 4.78 is 5.76. The second-order valence-electron chi connectivity index (χ2n) is 4.65. The lowest BCUT2D eigenvalue weighted by molar-refractivity contribution is 0.321. The number of aryl methyl sites for hydroxylation is 1. The number of hydrogen-bond acceptors (Lipinski definition) is 4. The van der Waals surface area contributed by atoms with Gasteiger partial charge in [0.05, 0.1) is 16.5 Å². The van der Waals surface area contributed by atoms with Crippen LogP contribution < -0.4 is 10.1 Å². The van der Waals surface area contributed by atoms with Gasteiger partial charge in [-0.25, -0.2) is 4.98 Å². The molecule has 0 atom stereocenters. The highest BCUT2D eigenvalue weighted by atomic mass is 32.1. The number of fused-ring (bicyclic) bond motifs is 1. The summed E-state index contributed by atoms with van der Waals surface area (Å²) in [4.78, 5) is 5.97. The van der Waals surface area contributed by atoms with Crippen LogP contribution in [0.2, 0.25) is 0 Å². The van der Waals surface area contributed by atoms with E-state index < -0.39 is 0 Å². The molecule has 1 aromatic carbocycles. The van der Waals surface area contributed by atoms with Crippen LogP contribution in [0.1, 0.15) is 22.4 Å². The summed E-state index contributed by atoms with van der Waals surface area (Å²) in [5.74, 6) is 2.03. The molecule has 0 spiro atoms. The van der Waals surface area contributed by atoms with E-state index in [2.05, 4.69) is 29.4 Å². The first-order valence-corrected chi connectivity index (χ1v) is 7.61. The van der Waals surface area contributed by atoms with Gasteiger partial charge in [-0.3, -0.25) is 0 Å². The molecule has 4 heteroatoms. The smallest absolute Gasteiger partial charge is 0.140 e. The van der Waals surface area contributed by atoms with E-state index in [1.807, 2.05) is 23.5 Å². The lowest BCUT2D eigenvalue weighted by Gasteiger charge is -2.05. The number of aromatic nitrogens is 1. The lowest BCUT2D eigenvalue weighted by Crippen LogP contribution is -2.02. The highest BCUT2D eigenvalue weighted by molar-refractivity contribution is 7.12. The predicted octanol–water partition coefficient (Wildman–Crippen LogP) is 3.30. The maximum absolute atomic E-state index is 5.76. The van der Waals surface area contributed by atoms with Crippen molar-refractivity contribution in [1.82, 2.24) is 4.98 Å². The molecule has 1 aromatic heterocycles. The van der Waals surface area contributed by atoms with Crippen LogP contribution in [-0.2, 0) is 19.3 Å². The molecular formula is C15H18N2OS. The second kappa shape index (κ2) is 5.61. The highest BCUT2D eigenvalue weighted by Crippen LogP contribution is 2.28. The molecule has 0 bridgehead atoms. The van der Waals surface area contributed by atoms with Gasteiger partial charge in [-0.15, -0.1) is 11.3 Å². The maximum Gasteiger partial charge on any atom is 0.140 e. The monoisotopic (exact) mass is 274 g/mol. The zero-order chi connectivity index (χ0) is 13.1. The van der Waals surface area contributed by atoms with Crippen molar-refractivity contribution >= 4 is 17.2 Å². The van der Waals surface area contributed by atoms with Gasteiger partial charge >= 0.3 is 0 Å². The number of anilines is 1. The van der Waals surface area contributed by atoms with E-state index in [9.17, 15) is 0 Å². The first kappa shape index (κ1) is 12.5. The van der Waals surface area contributed by atoms with Gasteiger partial charge in [0.25, 0.3) is 0 Å². The van der Waals surface area contributed by atoms with Crippen LogP contribution in [-0.4, -0.2) is 18.1 Å². The number of nitrogens with one attached hydrogen (secondary N) is 1. The van der Waals surface area contributed by atoms with E-state index >= 15 is 0 Å². The summed E-state index contributed by atoms with van der Waals surface area (Å²) in [6.45, 7) is 3.89. The Morgan fingerprint density at radius 2 is 2.16 bits per heavy atom. The standard InChI is InChI=1S/C15H18N2OS/c1-2-11-3-5-12(6-4-11)18-10-8-14-17-15-13(19-14)7-9-16-15/h3-6,16H,2,7-10H2,1H3. The third-order valence-electron chi connectivity index (χ3n) is 3.30. The largest absolute Gasteiger partial charge is 0.493 e. The summed E-state index contributed by atoms with van der Waals surface area (Å²) in [5.41, 5.74) is 1.34. The van der Waals surface area contributed by atoms with Crippen LogP contribution in [0.3, 0.4) is 0 Å². The molecule has 0 amide bonds. The Hall–Kier alpha value is -1.55. The number of ether oxygens (including phenoxy) is 1. The molecule has 1 aliphatic rings. The van der Waals surface area contributed by atoms with E-state index in [-0.39, 0.29) is 0 Å².